The standard InChI is InChI=1S/C19H18N2O5/c1-23-15-7-5-4-6-13(15)18(22)21-19-14(11-20-26-19)12-8-9-16(24-2)17(10-12)25-3/h4-11H,1-3H3,(H,21,22). The van der Waals surface area contributed by atoms with Crippen LogP contribution in [0.15, 0.2) is 53.2 Å². The van der Waals surface area contributed by atoms with Crippen molar-refractivity contribution in [3.8, 4) is 28.4 Å². The average Bonchev–Trinajstić information content (AvgIpc) is 3.15. The van der Waals surface area contributed by atoms with Crippen molar-refractivity contribution in [1.82, 2.24) is 5.16 Å². The first kappa shape index (κ1) is 17.3. The van der Waals surface area contributed by atoms with Crippen molar-refractivity contribution in [3.05, 3.63) is 54.2 Å². The second-order valence-electron chi connectivity index (χ2n) is 5.29. The Balaban J connectivity index is 1.91. The SMILES string of the molecule is COc1ccc(-c2cnoc2NC(=O)c2ccccc2OC)cc1OC. The lowest BCUT2D eigenvalue weighted by atomic mass is 10.1. The number of carbonyl (C=O) groups is 1. The Bertz CT molecular complexity index is 920. The molecule has 1 heterocycles. The molecule has 134 valence electrons. The minimum Gasteiger partial charge on any atom is -0.496 e. The molecule has 3 aromatic rings. The molecule has 7 nitrogen and oxygen atoms in total. The van der Waals surface area contributed by atoms with Crippen LogP contribution in [0.4, 0.5) is 5.88 Å². The summed E-state index contributed by atoms with van der Waals surface area (Å²) in [6.45, 7) is 0. The van der Waals surface area contributed by atoms with E-state index in [4.69, 9.17) is 18.7 Å². The van der Waals surface area contributed by atoms with Crippen LogP contribution in [-0.2, 0) is 0 Å². The normalized spacial score (nSPS) is 10.3. The van der Waals surface area contributed by atoms with Crippen LogP contribution in [0.2, 0.25) is 0 Å². The van der Waals surface area contributed by atoms with E-state index in [-0.39, 0.29) is 11.8 Å². The van der Waals surface area contributed by atoms with E-state index in [1.165, 1.54) is 13.3 Å². The van der Waals surface area contributed by atoms with Crippen molar-refractivity contribution in [2.24, 2.45) is 0 Å². The van der Waals surface area contributed by atoms with Crippen molar-refractivity contribution < 1.29 is 23.5 Å². The van der Waals surface area contributed by atoms with Crippen molar-refractivity contribution in [1.29, 1.82) is 0 Å². The number of hydrogen-bond acceptors (Lipinski definition) is 6. The van der Waals surface area contributed by atoms with Gasteiger partial charge in [-0.15, -0.1) is 0 Å². The van der Waals surface area contributed by atoms with E-state index in [1.54, 1.807) is 50.6 Å². The quantitative estimate of drug-likeness (QED) is 0.728. The number of amides is 1. The molecule has 1 amide bonds. The molecule has 0 aliphatic heterocycles. The molecule has 0 unspecified atom stereocenters. The van der Waals surface area contributed by atoms with Crippen LogP contribution >= 0.6 is 0 Å². The molecule has 0 aliphatic rings. The lowest BCUT2D eigenvalue weighted by Crippen LogP contribution is -2.13. The molecule has 0 atom stereocenters. The molecule has 7 heteroatoms. The molecular weight excluding hydrogens is 336 g/mol. The highest BCUT2D eigenvalue weighted by Gasteiger charge is 2.18. The zero-order chi connectivity index (χ0) is 18.5. The molecule has 3 rings (SSSR count). The molecule has 0 bridgehead atoms. The number of nitrogens with one attached hydrogen (secondary N) is 1. The Labute approximate surface area is 150 Å². The number of rotatable bonds is 6. The fourth-order valence-corrected chi connectivity index (χ4v) is 2.54. The van der Waals surface area contributed by atoms with Gasteiger partial charge < -0.3 is 18.7 Å². The largest absolute Gasteiger partial charge is 0.496 e. The van der Waals surface area contributed by atoms with E-state index in [0.717, 1.165) is 5.56 Å². The minimum absolute atomic E-state index is 0.230. The maximum atomic E-state index is 12.6. The van der Waals surface area contributed by atoms with Gasteiger partial charge in [0.15, 0.2) is 11.5 Å². The molecular formula is C19H18N2O5. The van der Waals surface area contributed by atoms with Gasteiger partial charge in [-0.1, -0.05) is 23.4 Å². The molecule has 2 aromatic carbocycles. The van der Waals surface area contributed by atoms with E-state index >= 15 is 0 Å². The first-order valence-electron chi connectivity index (χ1n) is 7.79. The van der Waals surface area contributed by atoms with Gasteiger partial charge in [0.05, 0.1) is 38.7 Å². The Kier molecular flexibility index (Phi) is 5.07. The summed E-state index contributed by atoms with van der Waals surface area (Å²) in [5, 5.41) is 6.52. The second kappa shape index (κ2) is 7.60. The van der Waals surface area contributed by atoms with Gasteiger partial charge in [0.25, 0.3) is 5.91 Å². The second-order valence-corrected chi connectivity index (χ2v) is 5.29. The zero-order valence-electron chi connectivity index (χ0n) is 14.6. The number of ether oxygens (including phenoxy) is 3. The number of nitrogens with zero attached hydrogens (tertiary/aromatic N) is 1. The molecule has 0 saturated heterocycles. The molecule has 0 saturated carbocycles. The predicted octanol–water partition coefficient (Wildman–Crippen LogP) is 3.62. The van der Waals surface area contributed by atoms with Crippen LogP contribution in [0.5, 0.6) is 17.2 Å². The van der Waals surface area contributed by atoms with Crippen LogP contribution in [0.1, 0.15) is 10.4 Å². The van der Waals surface area contributed by atoms with E-state index in [1.807, 2.05) is 6.07 Å². The number of methoxy groups -OCH3 is 3. The highest BCUT2D eigenvalue weighted by molar-refractivity contribution is 6.07. The Morgan fingerprint density at radius 3 is 2.42 bits per heavy atom. The van der Waals surface area contributed by atoms with Crippen LogP contribution in [0.3, 0.4) is 0 Å². The average molecular weight is 354 g/mol. The summed E-state index contributed by atoms with van der Waals surface area (Å²) in [5.74, 6) is 1.51. The summed E-state index contributed by atoms with van der Waals surface area (Å²) < 4.78 is 21.0. The summed E-state index contributed by atoms with van der Waals surface area (Å²) in [4.78, 5) is 12.6. The summed E-state index contributed by atoms with van der Waals surface area (Å²) in [6.07, 6.45) is 1.53. The minimum atomic E-state index is -0.360. The van der Waals surface area contributed by atoms with Crippen molar-refractivity contribution in [3.63, 3.8) is 0 Å². The van der Waals surface area contributed by atoms with Gasteiger partial charge in [-0.25, -0.2) is 0 Å². The molecule has 1 N–H and O–H groups in total. The fourth-order valence-electron chi connectivity index (χ4n) is 2.54. The summed E-state index contributed by atoms with van der Waals surface area (Å²) in [5.41, 5.74) is 1.78. The lowest BCUT2D eigenvalue weighted by Gasteiger charge is -2.10. The number of anilines is 1. The first-order valence-corrected chi connectivity index (χ1v) is 7.79. The van der Waals surface area contributed by atoms with Gasteiger partial charge in [-0.2, -0.15) is 0 Å². The third kappa shape index (κ3) is 3.32. The lowest BCUT2D eigenvalue weighted by molar-refractivity contribution is 0.102. The van der Waals surface area contributed by atoms with Crippen LogP contribution in [-0.4, -0.2) is 32.4 Å². The molecule has 1 aromatic heterocycles. The maximum absolute atomic E-state index is 12.6. The monoisotopic (exact) mass is 354 g/mol. The van der Waals surface area contributed by atoms with Gasteiger partial charge in [0.2, 0.25) is 5.88 Å². The van der Waals surface area contributed by atoms with Crippen molar-refractivity contribution in [2.45, 2.75) is 0 Å². The van der Waals surface area contributed by atoms with Gasteiger partial charge in [-0.3, -0.25) is 10.1 Å². The maximum Gasteiger partial charge on any atom is 0.261 e. The number of para-hydroxylation sites is 1. The fraction of sp³-hybridized carbons (Fsp3) is 0.158. The summed E-state index contributed by atoms with van der Waals surface area (Å²) in [7, 11) is 4.63. The number of benzene rings is 2. The van der Waals surface area contributed by atoms with Gasteiger partial charge in [0, 0.05) is 0 Å². The molecule has 0 fully saturated rings. The third-order valence-electron chi connectivity index (χ3n) is 3.84. The Morgan fingerprint density at radius 1 is 0.962 bits per heavy atom. The number of hydrogen-bond donors (Lipinski definition) is 1. The molecule has 26 heavy (non-hydrogen) atoms. The summed E-state index contributed by atoms with van der Waals surface area (Å²) in [6, 6.07) is 12.3. The molecule has 0 spiro atoms. The van der Waals surface area contributed by atoms with Crippen molar-refractivity contribution >= 4 is 11.8 Å². The van der Waals surface area contributed by atoms with E-state index in [2.05, 4.69) is 10.5 Å². The van der Waals surface area contributed by atoms with E-state index in [9.17, 15) is 4.79 Å². The van der Waals surface area contributed by atoms with Crippen LogP contribution in [0, 0.1) is 0 Å². The first-order chi connectivity index (χ1) is 12.7. The zero-order valence-corrected chi connectivity index (χ0v) is 14.6. The van der Waals surface area contributed by atoms with E-state index in [0.29, 0.717) is 28.4 Å². The van der Waals surface area contributed by atoms with E-state index < -0.39 is 0 Å². The Hall–Kier alpha value is -3.48. The highest BCUT2D eigenvalue weighted by atomic mass is 16.5. The molecule has 0 aliphatic carbocycles. The smallest absolute Gasteiger partial charge is 0.261 e. The highest BCUT2D eigenvalue weighted by Crippen LogP contribution is 2.35. The Morgan fingerprint density at radius 2 is 1.69 bits per heavy atom. The third-order valence-corrected chi connectivity index (χ3v) is 3.84. The number of carbonyl (C=O) groups excluding carboxylic acids is 1. The van der Waals surface area contributed by atoms with Crippen LogP contribution in [0.25, 0.3) is 11.1 Å². The van der Waals surface area contributed by atoms with Gasteiger partial charge in [0.1, 0.15) is 5.75 Å². The van der Waals surface area contributed by atoms with Crippen LogP contribution < -0.4 is 19.5 Å². The predicted molar refractivity (Wildman–Crippen MR) is 96.0 cm³/mol. The van der Waals surface area contributed by atoms with Gasteiger partial charge in [-0.05, 0) is 29.8 Å². The number of aromatic nitrogens is 1. The molecule has 0 radical (unpaired) electrons. The summed E-state index contributed by atoms with van der Waals surface area (Å²) >= 11 is 0. The van der Waals surface area contributed by atoms with Crippen molar-refractivity contribution in [2.75, 3.05) is 26.6 Å². The topological polar surface area (TPSA) is 82.8 Å². The van der Waals surface area contributed by atoms with Gasteiger partial charge >= 0.3 is 0 Å².